The number of H-pyrrole nitrogens is 2. The second kappa shape index (κ2) is 12.2. The standard InChI is InChI=1S/C37H46N6O4/c1-35(2,3)46-33(44)42-20-8-10-30(42)31-38-22-28(40-31)26-15-11-24(12-16-26)25-13-17-27(18-14-25)29-23-39-32(41-29)37(7)19-9-21-43(37)34(45)47-36(4,5)6/h11-18,22-23,30H,8-10,19-21H2,1-7H3,(H,38,40)(H,39,41). The summed E-state index contributed by atoms with van der Waals surface area (Å²) >= 11 is 0. The van der Waals surface area contributed by atoms with Crippen molar-refractivity contribution in [1.29, 1.82) is 0 Å². The number of carbonyl (C=O) groups is 2. The number of ether oxygens (including phenoxy) is 2. The number of aromatic amines is 2. The van der Waals surface area contributed by atoms with Crippen LogP contribution in [-0.2, 0) is 15.0 Å². The molecule has 2 aliphatic rings. The molecule has 0 spiro atoms. The molecule has 10 heteroatoms. The molecule has 2 amide bonds. The Morgan fingerprint density at radius 1 is 0.745 bits per heavy atom. The largest absolute Gasteiger partial charge is 0.444 e. The predicted molar refractivity (Wildman–Crippen MR) is 181 cm³/mol. The molecule has 0 saturated carbocycles. The molecular formula is C37H46N6O4. The van der Waals surface area contributed by atoms with Crippen LogP contribution in [0.5, 0.6) is 0 Å². The lowest BCUT2D eigenvalue weighted by molar-refractivity contribution is 0.00858. The SMILES string of the molecule is CC(C)(C)OC(=O)N1CCCC1c1ncc(-c2ccc(-c3ccc(-c4cnc(C5(C)CCCN5C(=O)OC(C)(C)C)[nH]4)cc3)cc2)[nH]1. The predicted octanol–water partition coefficient (Wildman–Crippen LogP) is 8.45. The molecule has 4 heterocycles. The van der Waals surface area contributed by atoms with Crippen LogP contribution in [0.3, 0.4) is 0 Å². The van der Waals surface area contributed by atoms with Crippen LogP contribution in [0.1, 0.15) is 91.8 Å². The molecule has 2 N–H and O–H groups in total. The number of amides is 2. The van der Waals surface area contributed by atoms with Crippen molar-refractivity contribution in [3.8, 4) is 33.6 Å². The van der Waals surface area contributed by atoms with E-state index in [-0.39, 0.29) is 18.2 Å². The number of hydrogen-bond acceptors (Lipinski definition) is 6. The van der Waals surface area contributed by atoms with E-state index >= 15 is 0 Å². The molecule has 0 radical (unpaired) electrons. The first-order chi connectivity index (χ1) is 22.2. The van der Waals surface area contributed by atoms with Gasteiger partial charge in [0.25, 0.3) is 0 Å². The first-order valence-electron chi connectivity index (χ1n) is 16.5. The lowest BCUT2D eigenvalue weighted by atomic mass is 9.98. The fraction of sp³-hybridized carbons (Fsp3) is 0.459. The zero-order valence-corrected chi connectivity index (χ0v) is 28.5. The second-order valence-electron chi connectivity index (χ2n) is 14.8. The minimum Gasteiger partial charge on any atom is -0.444 e. The molecule has 4 aromatic rings. The summed E-state index contributed by atoms with van der Waals surface area (Å²) in [7, 11) is 0. The van der Waals surface area contributed by atoms with E-state index < -0.39 is 16.7 Å². The molecule has 2 aromatic carbocycles. The maximum Gasteiger partial charge on any atom is 0.411 e. The van der Waals surface area contributed by atoms with Gasteiger partial charge in [-0.1, -0.05) is 48.5 Å². The van der Waals surface area contributed by atoms with Crippen LogP contribution in [0, 0.1) is 0 Å². The van der Waals surface area contributed by atoms with Gasteiger partial charge in [-0.3, -0.25) is 9.80 Å². The highest BCUT2D eigenvalue weighted by atomic mass is 16.6. The maximum atomic E-state index is 13.0. The third-order valence-corrected chi connectivity index (χ3v) is 8.86. The highest BCUT2D eigenvalue weighted by Gasteiger charge is 2.45. The quantitative estimate of drug-likeness (QED) is 0.227. The lowest BCUT2D eigenvalue weighted by Crippen LogP contribution is -2.46. The van der Waals surface area contributed by atoms with Gasteiger partial charge < -0.3 is 19.4 Å². The fourth-order valence-electron chi connectivity index (χ4n) is 6.49. The minimum absolute atomic E-state index is 0.118. The van der Waals surface area contributed by atoms with Crippen molar-refractivity contribution in [3.63, 3.8) is 0 Å². The van der Waals surface area contributed by atoms with Gasteiger partial charge in [0.15, 0.2) is 0 Å². The van der Waals surface area contributed by atoms with Crippen molar-refractivity contribution in [2.75, 3.05) is 13.1 Å². The third-order valence-electron chi connectivity index (χ3n) is 8.86. The van der Waals surface area contributed by atoms with Crippen molar-refractivity contribution in [2.24, 2.45) is 0 Å². The maximum absolute atomic E-state index is 13.0. The van der Waals surface area contributed by atoms with Gasteiger partial charge in [0.05, 0.1) is 29.8 Å². The Morgan fingerprint density at radius 2 is 1.28 bits per heavy atom. The zero-order valence-electron chi connectivity index (χ0n) is 28.5. The van der Waals surface area contributed by atoms with E-state index in [2.05, 4.69) is 70.4 Å². The molecule has 2 atom stereocenters. The Bertz CT molecular complexity index is 1730. The number of hydrogen-bond donors (Lipinski definition) is 2. The number of imidazole rings is 2. The van der Waals surface area contributed by atoms with E-state index in [1.165, 1.54) is 0 Å². The minimum atomic E-state index is -0.554. The molecule has 10 nitrogen and oxygen atoms in total. The molecule has 0 aliphatic carbocycles. The number of nitrogens with one attached hydrogen (secondary N) is 2. The second-order valence-corrected chi connectivity index (χ2v) is 14.8. The average Bonchev–Trinajstić information content (AvgIpc) is 3.81. The lowest BCUT2D eigenvalue weighted by Gasteiger charge is -2.34. The first-order valence-corrected chi connectivity index (χ1v) is 16.5. The van der Waals surface area contributed by atoms with Crippen LogP contribution in [0.15, 0.2) is 60.9 Å². The molecule has 2 unspecified atom stereocenters. The van der Waals surface area contributed by atoms with Gasteiger partial charge in [-0.15, -0.1) is 0 Å². The summed E-state index contributed by atoms with van der Waals surface area (Å²) in [5.41, 5.74) is 4.42. The summed E-state index contributed by atoms with van der Waals surface area (Å²) < 4.78 is 11.3. The van der Waals surface area contributed by atoms with E-state index in [0.717, 1.165) is 71.0 Å². The summed E-state index contributed by atoms with van der Waals surface area (Å²) in [6, 6.07) is 16.6. The van der Waals surface area contributed by atoms with Crippen LogP contribution in [0.4, 0.5) is 9.59 Å². The first kappa shape index (κ1) is 32.3. The Labute approximate surface area is 276 Å². The number of aromatic nitrogens is 4. The molecule has 2 saturated heterocycles. The summed E-state index contributed by atoms with van der Waals surface area (Å²) in [6.45, 7) is 14.7. The number of benzene rings is 2. The molecule has 2 aliphatic heterocycles. The molecular weight excluding hydrogens is 592 g/mol. The Balaban J connectivity index is 1.13. The highest BCUT2D eigenvalue weighted by Crippen LogP contribution is 2.39. The number of nitrogens with zero attached hydrogens (tertiary/aromatic N) is 4. The topological polar surface area (TPSA) is 116 Å². The molecule has 2 aromatic heterocycles. The van der Waals surface area contributed by atoms with Crippen molar-refractivity contribution in [2.45, 2.75) is 96.9 Å². The molecule has 47 heavy (non-hydrogen) atoms. The molecule has 0 bridgehead atoms. The van der Waals surface area contributed by atoms with Gasteiger partial charge in [-0.2, -0.15) is 0 Å². The third kappa shape index (κ3) is 6.92. The summed E-state index contributed by atoms with van der Waals surface area (Å²) in [6.07, 6.45) is 6.56. The molecule has 248 valence electrons. The van der Waals surface area contributed by atoms with Gasteiger partial charge in [0.2, 0.25) is 0 Å². The van der Waals surface area contributed by atoms with Gasteiger partial charge in [0.1, 0.15) is 28.4 Å². The monoisotopic (exact) mass is 638 g/mol. The van der Waals surface area contributed by atoms with Crippen LogP contribution in [0.25, 0.3) is 33.6 Å². The van der Waals surface area contributed by atoms with E-state index in [4.69, 9.17) is 14.5 Å². The van der Waals surface area contributed by atoms with E-state index in [0.29, 0.717) is 13.1 Å². The normalized spacial score (nSPS) is 20.1. The van der Waals surface area contributed by atoms with Crippen molar-refractivity contribution >= 4 is 12.2 Å². The summed E-state index contributed by atoms with van der Waals surface area (Å²) in [5.74, 6) is 1.55. The zero-order chi connectivity index (χ0) is 33.6. The van der Waals surface area contributed by atoms with E-state index in [1.54, 1.807) is 9.80 Å². The fourth-order valence-corrected chi connectivity index (χ4v) is 6.49. The Kier molecular flexibility index (Phi) is 8.40. The summed E-state index contributed by atoms with van der Waals surface area (Å²) in [4.78, 5) is 45.6. The Hall–Kier alpha value is -4.60. The van der Waals surface area contributed by atoms with Crippen LogP contribution in [-0.4, -0.2) is 66.2 Å². The number of carbonyl (C=O) groups excluding carboxylic acids is 2. The summed E-state index contributed by atoms with van der Waals surface area (Å²) in [5, 5.41) is 0. The van der Waals surface area contributed by atoms with E-state index in [9.17, 15) is 9.59 Å². The van der Waals surface area contributed by atoms with Crippen molar-refractivity contribution in [1.82, 2.24) is 29.7 Å². The Morgan fingerprint density at radius 3 is 1.87 bits per heavy atom. The van der Waals surface area contributed by atoms with Gasteiger partial charge in [0, 0.05) is 13.1 Å². The average molecular weight is 639 g/mol. The molecule has 6 rings (SSSR count). The smallest absolute Gasteiger partial charge is 0.411 e. The van der Waals surface area contributed by atoms with Crippen LogP contribution < -0.4 is 0 Å². The number of rotatable bonds is 5. The van der Waals surface area contributed by atoms with Gasteiger partial charge in [-0.05, 0) is 96.4 Å². The number of likely N-dealkylation sites (tertiary alicyclic amines) is 2. The van der Waals surface area contributed by atoms with Crippen LogP contribution in [0.2, 0.25) is 0 Å². The van der Waals surface area contributed by atoms with Gasteiger partial charge in [-0.25, -0.2) is 19.6 Å². The highest BCUT2D eigenvalue weighted by molar-refractivity contribution is 5.73. The van der Waals surface area contributed by atoms with Crippen LogP contribution >= 0.6 is 0 Å². The van der Waals surface area contributed by atoms with E-state index in [1.807, 2.05) is 53.9 Å². The van der Waals surface area contributed by atoms with Crippen molar-refractivity contribution < 1.29 is 19.1 Å². The van der Waals surface area contributed by atoms with Gasteiger partial charge >= 0.3 is 12.2 Å². The molecule has 2 fully saturated rings. The van der Waals surface area contributed by atoms with Crippen molar-refractivity contribution in [3.05, 3.63) is 72.6 Å².